The number of rotatable bonds is 7. The summed E-state index contributed by atoms with van der Waals surface area (Å²) in [5, 5.41) is 18.1. The lowest BCUT2D eigenvalue weighted by atomic mass is 9.91. The minimum absolute atomic E-state index is 0.165. The first kappa shape index (κ1) is 20.9. The minimum Gasteiger partial charge on any atom is -0.312 e. The molecule has 0 radical (unpaired) electrons. The van der Waals surface area contributed by atoms with E-state index in [1.54, 1.807) is 0 Å². The van der Waals surface area contributed by atoms with Gasteiger partial charge in [0, 0.05) is 32.2 Å². The Morgan fingerprint density at radius 1 is 0.938 bits per heavy atom. The van der Waals surface area contributed by atoms with Crippen LogP contribution in [0.5, 0.6) is 0 Å². The van der Waals surface area contributed by atoms with E-state index in [1.807, 2.05) is 24.5 Å². The van der Waals surface area contributed by atoms with E-state index >= 15 is 0 Å². The molecule has 0 N–H and O–H groups in total. The van der Waals surface area contributed by atoms with Crippen LogP contribution in [0.4, 0.5) is 0 Å². The second-order valence-corrected chi connectivity index (χ2v) is 8.99. The van der Waals surface area contributed by atoms with Crippen molar-refractivity contribution in [3.05, 3.63) is 83.4 Å². The van der Waals surface area contributed by atoms with E-state index in [9.17, 15) is 0 Å². The summed E-state index contributed by atoms with van der Waals surface area (Å²) in [5.41, 5.74) is 3.18. The van der Waals surface area contributed by atoms with Crippen molar-refractivity contribution in [3.8, 4) is 6.07 Å². The molecule has 32 heavy (non-hydrogen) atoms. The van der Waals surface area contributed by atoms with Crippen LogP contribution in [0.1, 0.15) is 47.8 Å². The first-order valence-electron chi connectivity index (χ1n) is 11.7. The molecule has 164 valence electrons. The molecule has 1 aromatic heterocycles. The molecule has 6 nitrogen and oxygen atoms in total. The second-order valence-electron chi connectivity index (χ2n) is 8.99. The van der Waals surface area contributed by atoms with Crippen LogP contribution in [-0.4, -0.2) is 56.8 Å². The Morgan fingerprint density at radius 2 is 1.69 bits per heavy atom. The summed E-state index contributed by atoms with van der Waals surface area (Å²) in [7, 11) is 0. The summed E-state index contributed by atoms with van der Waals surface area (Å²) >= 11 is 0. The molecule has 1 unspecified atom stereocenters. The third-order valence-electron chi connectivity index (χ3n) is 7.03. The highest BCUT2D eigenvalue weighted by atomic mass is 15.3. The minimum atomic E-state index is 0.165. The Morgan fingerprint density at radius 3 is 2.34 bits per heavy atom. The molecule has 0 amide bonds. The molecule has 6 heteroatoms. The number of aromatic nitrogens is 3. The number of nitriles is 1. The summed E-state index contributed by atoms with van der Waals surface area (Å²) in [6.45, 7) is 5.13. The topological polar surface area (TPSA) is 61.0 Å². The predicted molar refractivity (Wildman–Crippen MR) is 124 cm³/mol. The molecule has 2 fully saturated rings. The van der Waals surface area contributed by atoms with Crippen LogP contribution in [0.2, 0.25) is 0 Å². The van der Waals surface area contributed by atoms with Gasteiger partial charge in [-0.05, 0) is 42.5 Å². The molecule has 1 aliphatic heterocycles. The van der Waals surface area contributed by atoms with Crippen LogP contribution in [0.25, 0.3) is 0 Å². The first-order chi connectivity index (χ1) is 15.8. The third-order valence-corrected chi connectivity index (χ3v) is 7.03. The van der Waals surface area contributed by atoms with Gasteiger partial charge in [0.25, 0.3) is 0 Å². The lowest BCUT2D eigenvalue weighted by Gasteiger charge is -2.44. The van der Waals surface area contributed by atoms with Crippen molar-refractivity contribution in [1.29, 1.82) is 5.26 Å². The quantitative estimate of drug-likeness (QED) is 0.577. The average Bonchev–Trinajstić information content (AvgIpc) is 3.26. The Kier molecular flexibility index (Phi) is 6.29. The summed E-state index contributed by atoms with van der Waals surface area (Å²) in [5.74, 6) is 1.02. The summed E-state index contributed by atoms with van der Waals surface area (Å²) in [6, 6.07) is 21.7. The van der Waals surface area contributed by atoms with Gasteiger partial charge in [0.2, 0.25) is 0 Å². The van der Waals surface area contributed by atoms with Crippen molar-refractivity contribution in [3.63, 3.8) is 0 Å². The van der Waals surface area contributed by atoms with Crippen molar-refractivity contribution in [2.75, 3.05) is 26.2 Å². The maximum absolute atomic E-state index is 9.15. The lowest BCUT2D eigenvalue weighted by Crippen LogP contribution is -2.53. The zero-order valence-corrected chi connectivity index (χ0v) is 18.5. The van der Waals surface area contributed by atoms with Gasteiger partial charge < -0.3 is 4.57 Å². The lowest BCUT2D eigenvalue weighted by molar-refractivity contribution is 0.0397. The fourth-order valence-corrected chi connectivity index (χ4v) is 4.91. The van der Waals surface area contributed by atoms with E-state index < -0.39 is 0 Å². The zero-order chi connectivity index (χ0) is 21.8. The van der Waals surface area contributed by atoms with E-state index in [0.29, 0.717) is 5.56 Å². The Balaban J connectivity index is 1.38. The SMILES string of the molecule is N#Cc1ccc(CC(c2nncn2Cc2ccccc2)N2CCN(C3CCC3)CC2)cc1. The van der Waals surface area contributed by atoms with Gasteiger partial charge in [0.15, 0.2) is 5.82 Å². The maximum Gasteiger partial charge on any atom is 0.150 e. The van der Waals surface area contributed by atoms with Gasteiger partial charge in [0.1, 0.15) is 6.33 Å². The number of hydrogen-bond acceptors (Lipinski definition) is 5. The summed E-state index contributed by atoms with van der Waals surface area (Å²) < 4.78 is 2.20. The third kappa shape index (κ3) is 4.59. The van der Waals surface area contributed by atoms with E-state index in [2.05, 4.69) is 67.0 Å². The number of piperazine rings is 1. The largest absolute Gasteiger partial charge is 0.312 e. The van der Waals surface area contributed by atoms with Crippen LogP contribution in [0, 0.1) is 11.3 Å². The highest BCUT2D eigenvalue weighted by Gasteiger charge is 2.32. The number of nitrogens with zero attached hydrogens (tertiary/aromatic N) is 6. The van der Waals surface area contributed by atoms with Gasteiger partial charge in [0.05, 0.1) is 24.2 Å². The molecule has 5 rings (SSSR count). The van der Waals surface area contributed by atoms with Crippen LogP contribution < -0.4 is 0 Å². The normalized spacial score (nSPS) is 18.7. The zero-order valence-electron chi connectivity index (χ0n) is 18.5. The monoisotopic (exact) mass is 426 g/mol. The average molecular weight is 427 g/mol. The van der Waals surface area contributed by atoms with E-state index in [-0.39, 0.29) is 6.04 Å². The predicted octanol–water partition coefficient (Wildman–Crippen LogP) is 3.65. The fraction of sp³-hybridized carbons (Fsp3) is 0.423. The Hall–Kier alpha value is -3.01. The summed E-state index contributed by atoms with van der Waals surface area (Å²) in [6.07, 6.45) is 6.83. The van der Waals surface area contributed by atoms with Crippen LogP contribution >= 0.6 is 0 Å². The molecule has 1 aliphatic carbocycles. The van der Waals surface area contributed by atoms with E-state index in [1.165, 1.54) is 30.4 Å². The van der Waals surface area contributed by atoms with Gasteiger partial charge in [-0.2, -0.15) is 5.26 Å². The number of benzene rings is 2. The first-order valence-corrected chi connectivity index (χ1v) is 11.7. The highest BCUT2D eigenvalue weighted by Crippen LogP contribution is 2.29. The maximum atomic E-state index is 9.15. The molecular weight excluding hydrogens is 396 g/mol. The van der Waals surface area contributed by atoms with Crippen molar-refractivity contribution in [2.45, 2.75) is 44.3 Å². The van der Waals surface area contributed by atoms with E-state index in [0.717, 1.165) is 51.0 Å². The Labute approximate surface area is 190 Å². The van der Waals surface area contributed by atoms with Crippen LogP contribution in [0.15, 0.2) is 60.9 Å². The molecule has 1 saturated heterocycles. The molecule has 2 aromatic carbocycles. The van der Waals surface area contributed by atoms with E-state index in [4.69, 9.17) is 5.26 Å². The molecule has 1 atom stereocenters. The Bertz CT molecular complexity index is 1040. The summed E-state index contributed by atoms with van der Waals surface area (Å²) in [4.78, 5) is 5.26. The second kappa shape index (κ2) is 9.64. The van der Waals surface area contributed by atoms with Gasteiger partial charge in [-0.1, -0.05) is 48.9 Å². The van der Waals surface area contributed by atoms with Crippen molar-refractivity contribution in [1.82, 2.24) is 24.6 Å². The molecular formula is C26H30N6. The molecule has 0 spiro atoms. The highest BCUT2D eigenvalue weighted by molar-refractivity contribution is 5.32. The molecule has 0 bridgehead atoms. The molecule has 3 aromatic rings. The van der Waals surface area contributed by atoms with Crippen molar-refractivity contribution < 1.29 is 0 Å². The van der Waals surface area contributed by atoms with Gasteiger partial charge in [-0.15, -0.1) is 10.2 Å². The fourth-order valence-electron chi connectivity index (χ4n) is 4.91. The van der Waals surface area contributed by atoms with Gasteiger partial charge >= 0.3 is 0 Å². The molecule has 2 heterocycles. The van der Waals surface area contributed by atoms with Crippen LogP contribution in [0.3, 0.4) is 0 Å². The van der Waals surface area contributed by atoms with Crippen molar-refractivity contribution in [2.24, 2.45) is 0 Å². The van der Waals surface area contributed by atoms with Crippen LogP contribution in [-0.2, 0) is 13.0 Å². The number of hydrogen-bond donors (Lipinski definition) is 0. The molecule has 2 aliphatic rings. The van der Waals surface area contributed by atoms with Gasteiger partial charge in [-0.3, -0.25) is 9.80 Å². The van der Waals surface area contributed by atoms with Crippen molar-refractivity contribution >= 4 is 0 Å². The molecule has 1 saturated carbocycles. The standard InChI is InChI=1S/C26H30N6/c27-18-22-11-9-21(10-12-22)17-25(31-15-13-30(14-16-31)24-7-4-8-24)26-29-28-20-32(26)19-23-5-2-1-3-6-23/h1-3,5-6,9-12,20,24-25H,4,7-8,13-17,19H2. The van der Waals surface area contributed by atoms with Gasteiger partial charge in [-0.25, -0.2) is 0 Å². The smallest absolute Gasteiger partial charge is 0.150 e.